The zero-order chi connectivity index (χ0) is 15.9. The van der Waals surface area contributed by atoms with E-state index in [1.54, 1.807) is 18.3 Å². The van der Waals surface area contributed by atoms with Gasteiger partial charge in [0.1, 0.15) is 5.65 Å². The van der Waals surface area contributed by atoms with Crippen LogP contribution in [-0.2, 0) is 0 Å². The number of aromatic amines is 1. The van der Waals surface area contributed by atoms with Gasteiger partial charge in [0.05, 0.1) is 9.95 Å². The molecule has 3 rings (SSSR count). The number of halogens is 2. The monoisotopic (exact) mass is 489 g/mol. The number of benzene rings is 1. The summed E-state index contributed by atoms with van der Waals surface area (Å²) in [6.45, 7) is 2.00. The number of rotatable bonds is 3. The first-order valence-corrected chi connectivity index (χ1v) is 10.4. The van der Waals surface area contributed by atoms with E-state index in [4.69, 9.17) is 0 Å². The van der Waals surface area contributed by atoms with E-state index in [0.717, 1.165) is 37.2 Å². The van der Waals surface area contributed by atoms with Crippen molar-refractivity contribution in [2.45, 2.75) is 11.9 Å². The highest BCUT2D eigenvalue weighted by molar-refractivity contribution is 14.2. The summed E-state index contributed by atoms with van der Waals surface area (Å²) in [6, 6.07) is 6.68. The van der Waals surface area contributed by atoms with Crippen molar-refractivity contribution in [1.29, 1.82) is 0 Å². The molecule has 0 aliphatic heterocycles. The number of hydrogen-bond donors (Lipinski definition) is 1. The summed E-state index contributed by atoms with van der Waals surface area (Å²) < 4.78 is 0.913. The lowest BCUT2D eigenvalue weighted by atomic mass is 10.0. The zero-order valence-corrected chi connectivity index (χ0v) is 15.8. The van der Waals surface area contributed by atoms with E-state index < -0.39 is 0 Å². The Morgan fingerprint density at radius 1 is 1.45 bits per heavy atom. The molecule has 0 unspecified atom stereocenters. The summed E-state index contributed by atoms with van der Waals surface area (Å²) in [4.78, 5) is 18.3. The molecular weight excluding hydrogens is 481 g/mol. The fraction of sp³-hybridized carbons (Fsp3) is 0.0714. The van der Waals surface area contributed by atoms with Crippen molar-refractivity contribution in [3.8, 4) is 11.1 Å². The lowest BCUT2D eigenvalue weighted by Gasteiger charge is -2.05. The third-order valence-corrected chi connectivity index (χ3v) is 5.99. The fourth-order valence-corrected chi connectivity index (χ4v) is 4.10. The molecule has 1 aromatic carbocycles. The summed E-state index contributed by atoms with van der Waals surface area (Å²) in [5.41, 5.74) is 3.67. The van der Waals surface area contributed by atoms with Crippen molar-refractivity contribution >= 4 is 62.8 Å². The summed E-state index contributed by atoms with van der Waals surface area (Å²) in [5.74, 6) is 0. The molecule has 3 aromatic rings. The maximum atomic E-state index is 11.0. The number of nitro benzene ring substituents is 1. The van der Waals surface area contributed by atoms with Gasteiger partial charge in [0.2, 0.25) is 0 Å². The molecule has 112 valence electrons. The SMILES string of the molecule is Cc1c(Br)cnc2[nH]c(SI)c(-c3cccc([N+](=O)[O-])c3)c12. The lowest BCUT2D eigenvalue weighted by Crippen LogP contribution is -1.89. The number of pyridine rings is 1. The molecule has 0 fully saturated rings. The highest BCUT2D eigenvalue weighted by Gasteiger charge is 2.19. The van der Waals surface area contributed by atoms with E-state index in [-0.39, 0.29) is 10.6 Å². The van der Waals surface area contributed by atoms with E-state index in [0.29, 0.717) is 0 Å². The smallest absolute Gasteiger partial charge is 0.270 e. The van der Waals surface area contributed by atoms with Gasteiger partial charge in [-0.1, -0.05) is 12.1 Å². The van der Waals surface area contributed by atoms with Gasteiger partial charge < -0.3 is 4.98 Å². The number of H-pyrrole nitrogens is 1. The minimum Gasteiger partial charge on any atom is -0.333 e. The average molecular weight is 490 g/mol. The number of non-ortho nitro benzene ring substituents is 1. The van der Waals surface area contributed by atoms with Gasteiger partial charge in [-0.3, -0.25) is 10.1 Å². The molecular formula is C14H9BrIN3O2S. The summed E-state index contributed by atoms with van der Waals surface area (Å²) in [5, 5.41) is 12.9. The molecule has 5 nitrogen and oxygen atoms in total. The fourth-order valence-electron chi connectivity index (χ4n) is 2.37. The number of aryl methyl sites for hydroxylation is 1. The van der Waals surface area contributed by atoms with Crippen LogP contribution < -0.4 is 0 Å². The Labute approximate surface area is 150 Å². The van der Waals surface area contributed by atoms with Crippen molar-refractivity contribution in [2.24, 2.45) is 0 Å². The first kappa shape index (κ1) is 15.8. The third-order valence-electron chi connectivity index (χ3n) is 3.41. The van der Waals surface area contributed by atoms with Crippen LogP contribution in [0, 0.1) is 17.0 Å². The molecule has 0 saturated carbocycles. The van der Waals surface area contributed by atoms with Crippen LogP contribution in [0.4, 0.5) is 5.69 Å². The van der Waals surface area contributed by atoms with Gasteiger partial charge in [-0.25, -0.2) is 4.98 Å². The van der Waals surface area contributed by atoms with E-state index in [1.807, 2.05) is 13.0 Å². The van der Waals surface area contributed by atoms with Gasteiger partial charge in [-0.2, -0.15) is 0 Å². The molecule has 8 heteroatoms. The quantitative estimate of drug-likeness (QED) is 0.293. The van der Waals surface area contributed by atoms with Gasteiger partial charge >= 0.3 is 0 Å². The van der Waals surface area contributed by atoms with Gasteiger partial charge in [-0.05, 0) is 42.9 Å². The third kappa shape index (κ3) is 2.63. The molecule has 1 N–H and O–H groups in total. The Kier molecular flexibility index (Phi) is 4.42. The van der Waals surface area contributed by atoms with Gasteiger partial charge in [0, 0.05) is 55.0 Å². The van der Waals surface area contributed by atoms with Crippen LogP contribution in [-0.4, -0.2) is 14.9 Å². The van der Waals surface area contributed by atoms with Gasteiger partial charge in [-0.15, -0.1) is 0 Å². The maximum Gasteiger partial charge on any atom is 0.270 e. The number of nitrogens with zero attached hydrogens (tertiary/aromatic N) is 2. The highest BCUT2D eigenvalue weighted by Crippen LogP contribution is 2.42. The molecule has 0 aliphatic rings. The number of nitrogens with one attached hydrogen (secondary N) is 1. The van der Waals surface area contributed by atoms with Crippen molar-refractivity contribution in [3.05, 3.63) is 50.6 Å². The molecule has 0 aliphatic carbocycles. The van der Waals surface area contributed by atoms with Gasteiger partial charge in [0.25, 0.3) is 5.69 Å². The second-order valence-electron chi connectivity index (χ2n) is 4.67. The standard InChI is InChI=1S/C14H9BrIN3O2S/c1-7-10(15)6-17-13-11(7)12(14(18-13)22-16)8-3-2-4-9(5-8)19(20)21/h2-6H,1H3,(H,17,18). The van der Waals surface area contributed by atoms with Crippen molar-refractivity contribution in [2.75, 3.05) is 0 Å². The van der Waals surface area contributed by atoms with E-state index in [2.05, 4.69) is 47.1 Å². The topological polar surface area (TPSA) is 71.8 Å². The van der Waals surface area contributed by atoms with E-state index in [9.17, 15) is 10.1 Å². The van der Waals surface area contributed by atoms with Crippen molar-refractivity contribution in [3.63, 3.8) is 0 Å². The van der Waals surface area contributed by atoms with Crippen LogP contribution >= 0.6 is 46.1 Å². The second kappa shape index (κ2) is 6.17. The Balaban J connectivity index is 2.36. The summed E-state index contributed by atoms with van der Waals surface area (Å²) >= 11 is 5.69. The number of aromatic nitrogens is 2. The van der Waals surface area contributed by atoms with E-state index >= 15 is 0 Å². The first-order valence-electron chi connectivity index (χ1n) is 6.23. The minimum atomic E-state index is -0.379. The number of hydrogen-bond acceptors (Lipinski definition) is 4. The predicted molar refractivity (Wildman–Crippen MR) is 100 cm³/mol. The Morgan fingerprint density at radius 2 is 2.23 bits per heavy atom. The maximum absolute atomic E-state index is 11.0. The number of fused-ring (bicyclic) bond motifs is 1. The molecule has 0 saturated heterocycles. The number of nitro groups is 1. The van der Waals surface area contributed by atoms with Gasteiger partial charge in [0.15, 0.2) is 0 Å². The summed E-state index contributed by atoms with van der Waals surface area (Å²) in [7, 11) is 1.53. The van der Waals surface area contributed by atoms with E-state index in [1.165, 1.54) is 15.0 Å². The van der Waals surface area contributed by atoms with Crippen molar-refractivity contribution < 1.29 is 4.92 Å². The zero-order valence-electron chi connectivity index (χ0n) is 11.3. The molecule has 0 atom stereocenters. The Bertz CT molecular complexity index is 897. The molecule has 0 radical (unpaired) electrons. The largest absolute Gasteiger partial charge is 0.333 e. The van der Waals surface area contributed by atoms with Crippen LogP contribution in [0.5, 0.6) is 0 Å². The molecule has 2 heterocycles. The molecule has 0 bridgehead atoms. The minimum absolute atomic E-state index is 0.0804. The average Bonchev–Trinajstić information content (AvgIpc) is 2.90. The van der Waals surface area contributed by atoms with Crippen LogP contribution in [0.15, 0.2) is 40.0 Å². The Hall–Kier alpha value is -1.13. The second-order valence-corrected chi connectivity index (χ2v) is 7.41. The molecule has 2 aromatic heterocycles. The van der Waals surface area contributed by atoms with Crippen molar-refractivity contribution in [1.82, 2.24) is 9.97 Å². The van der Waals surface area contributed by atoms with Crippen LogP contribution in [0.3, 0.4) is 0 Å². The molecule has 0 amide bonds. The summed E-state index contributed by atoms with van der Waals surface area (Å²) in [6.07, 6.45) is 1.76. The lowest BCUT2D eigenvalue weighted by molar-refractivity contribution is -0.384. The Morgan fingerprint density at radius 3 is 2.91 bits per heavy atom. The molecule has 0 spiro atoms. The highest BCUT2D eigenvalue weighted by atomic mass is 127. The van der Waals surface area contributed by atoms with Crippen LogP contribution in [0.2, 0.25) is 0 Å². The van der Waals surface area contributed by atoms with Crippen LogP contribution in [0.1, 0.15) is 5.56 Å². The molecule has 22 heavy (non-hydrogen) atoms. The normalized spacial score (nSPS) is 11.0. The van der Waals surface area contributed by atoms with Crippen LogP contribution in [0.25, 0.3) is 22.2 Å². The predicted octanol–water partition coefficient (Wildman–Crippen LogP) is 5.65. The first-order chi connectivity index (χ1) is 10.5.